The highest BCUT2D eigenvalue weighted by Gasteiger charge is 2.07. The fraction of sp³-hybridized carbons (Fsp3) is 0.111. The van der Waals surface area contributed by atoms with E-state index in [4.69, 9.17) is 23.4 Å². The summed E-state index contributed by atoms with van der Waals surface area (Å²) >= 11 is 4.76. The zero-order valence-electron chi connectivity index (χ0n) is 7.32. The number of hydrogen-bond donors (Lipinski definition) is 2. The Hall–Kier alpha value is -1.42. The summed E-state index contributed by atoms with van der Waals surface area (Å²) in [5.74, 6) is 0.313. The van der Waals surface area contributed by atoms with Crippen molar-refractivity contribution >= 4 is 23.2 Å². The Kier molecular flexibility index (Phi) is 2.97. The summed E-state index contributed by atoms with van der Waals surface area (Å²) < 4.78 is 0. The standard InChI is InChI=1S/C9H11N3S/c1-12(9(11)13)8(10)7-5-3-2-4-6-7/h2-6,10H,1H3,(H2,11,13). The Bertz CT molecular complexity index is 321. The maximum Gasteiger partial charge on any atom is 0.171 e. The molecule has 1 aromatic rings. The number of benzene rings is 1. The fourth-order valence-electron chi connectivity index (χ4n) is 0.900. The molecule has 68 valence electrons. The minimum atomic E-state index is 0.203. The first kappa shape index (κ1) is 9.67. The summed E-state index contributed by atoms with van der Waals surface area (Å²) in [4.78, 5) is 1.46. The van der Waals surface area contributed by atoms with Crippen LogP contribution in [0.4, 0.5) is 0 Å². The van der Waals surface area contributed by atoms with Crippen LogP contribution in [0.2, 0.25) is 0 Å². The molecule has 0 aromatic heterocycles. The molecule has 0 unspecified atom stereocenters. The third-order valence-electron chi connectivity index (χ3n) is 1.71. The van der Waals surface area contributed by atoms with Gasteiger partial charge in [0.2, 0.25) is 0 Å². The molecular formula is C9H11N3S. The van der Waals surface area contributed by atoms with Gasteiger partial charge in [0.15, 0.2) is 5.11 Å². The smallest absolute Gasteiger partial charge is 0.171 e. The summed E-state index contributed by atoms with van der Waals surface area (Å²) in [6, 6.07) is 9.33. The van der Waals surface area contributed by atoms with E-state index in [1.807, 2.05) is 30.3 Å². The Morgan fingerprint density at radius 1 is 1.38 bits per heavy atom. The molecule has 0 bridgehead atoms. The number of amidine groups is 1. The van der Waals surface area contributed by atoms with Crippen molar-refractivity contribution in [2.45, 2.75) is 0 Å². The largest absolute Gasteiger partial charge is 0.376 e. The van der Waals surface area contributed by atoms with Crippen LogP contribution in [-0.4, -0.2) is 22.9 Å². The van der Waals surface area contributed by atoms with Crippen LogP contribution in [0.15, 0.2) is 30.3 Å². The van der Waals surface area contributed by atoms with Crippen molar-refractivity contribution in [1.82, 2.24) is 4.90 Å². The summed E-state index contributed by atoms with van der Waals surface area (Å²) in [5, 5.41) is 7.93. The highest BCUT2D eigenvalue weighted by Crippen LogP contribution is 2.02. The molecule has 1 aromatic carbocycles. The van der Waals surface area contributed by atoms with Gasteiger partial charge in [-0.25, -0.2) is 0 Å². The maximum atomic E-state index is 7.72. The van der Waals surface area contributed by atoms with Gasteiger partial charge in [0.1, 0.15) is 5.84 Å². The molecule has 0 saturated carbocycles. The molecule has 3 nitrogen and oxygen atoms in total. The third kappa shape index (κ3) is 2.26. The van der Waals surface area contributed by atoms with Gasteiger partial charge in [-0.15, -0.1) is 0 Å². The number of nitrogens with one attached hydrogen (secondary N) is 1. The first-order chi connectivity index (χ1) is 6.13. The normalized spacial score (nSPS) is 9.31. The van der Waals surface area contributed by atoms with E-state index < -0.39 is 0 Å². The molecule has 0 aliphatic heterocycles. The molecule has 0 aliphatic rings. The summed E-state index contributed by atoms with van der Waals surface area (Å²) in [5.41, 5.74) is 6.19. The lowest BCUT2D eigenvalue weighted by molar-refractivity contribution is 0.753. The van der Waals surface area contributed by atoms with Gasteiger partial charge in [-0.1, -0.05) is 30.3 Å². The van der Waals surface area contributed by atoms with Gasteiger partial charge in [0.05, 0.1) is 0 Å². The number of thiocarbonyl (C=S) groups is 1. The average Bonchev–Trinajstić information content (AvgIpc) is 2.17. The lowest BCUT2D eigenvalue weighted by atomic mass is 10.2. The van der Waals surface area contributed by atoms with Crippen LogP contribution >= 0.6 is 12.2 Å². The van der Waals surface area contributed by atoms with Crippen molar-refractivity contribution in [3.05, 3.63) is 35.9 Å². The van der Waals surface area contributed by atoms with Crippen molar-refractivity contribution in [3.8, 4) is 0 Å². The van der Waals surface area contributed by atoms with Gasteiger partial charge in [-0.3, -0.25) is 5.41 Å². The monoisotopic (exact) mass is 193 g/mol. The zero-order valence-corrected chi connectivity index (χ0v) is 8.14. The van der Waals surface area contributed by atoms with E-state index in [1.54, 1.807) is 7.05 Å². The predicted molar refractivity (Wildman–Crippen MR) is 57.8 cm³/mol. The molecule has 3 N–H and O–H groups in total. The first-order valence-electron chi connectivity index (χ1n) is 3.80. The van der Waals surface area contributed by atoms with E-state index in [0.717, 1.165) is 5.56 Å². The molecule has 1 rings (SSSR count). The fourth-order valence-corrected chi connectivity index (χ4v) is 0.991. The van der Waals surface area contributed by atoms with Crippen LogP contribution in [0.5, 0.6) is 0 Å². The molecule has 13 heavy (non-hydrogen) atoms. The molecule has 0 saturated heterocycles. The molecule has 0 radical (unpaired) electrons. The van der Waals surface area contributed by atoms with E-state index in [2.05, 4.69) is 0 Å². The SMILES string of the molecule is CN(C(=N)c1ccccc1)C(N)=S. The quantitative estimate of drug-likeness (QED) is 0.400. The van der Waals surface area contributed by atoms with Crippen LogP contribution in [0.3, 0.4) is 0 Å². The zero-order chi connectivity index (χ0) is 9.84. The maximum absolute atomic E-state index is 7.72. The Morgan fingerprint density at radius 2 is 1.92 bits per heavy atom. The van der Waals surface area contributed by atoms with Gasteiger partial charge < -0.3 is 10.6 Å². The van der Waals surface area contributed by atoms with Crippen LogP contribution < -0.4 is 5.73 Å². The Balaban J connectivity index is 2.86. The van der Waals surface area contributed by atoms with Crippen LogP contribution in [0.1, 0.15) is 5.56 Å². The molecular weight excluding hydrogens is 182 g/mol. The van der Waals surface area contributed by atoms with E-state index in [0.29, 0.717) is 5.84 Å². The van der Waals surface area contributed by atoms with E-state index in [9.17, 15) is 0 Å². The summed E-state index contributed by atoms with van der Waals surface area (Å²) in [6.07, 6.45) is 0. The van der Waals surface area contributed by atoms with E-state index >= 15 is 0 Å². The molecule has 0 heterocycles. The van der Waals surface area contributed by atoms with Crippen molar-refractivity contribution in [2.24, 2.45) is 5.73 Å². The number of hydrogen-bond acceptors (Lipinski definition) is 2. The minimum absolute atomic E-state index is 0.203. The molecule has 0 atom stereocenters. The summed E-state index contributed by atoms with van der Waals surface area (Å²) in [7, 11) is 1.68. The molecule has 0 aliphatic carbocycles. The first-order valence-corrected chi connectivity index (χ1v) is 4.21. The predicted octanol–water partition coefficient (Wildman–Crippen LogP) is 1.19. The topological polar surface area (TPSA) is 53.1 Å². The van der Waals surface area contributed by atoms with E-state index in [1.165, 1.54) is 4.90 Å². The van der Waals surface area contributed by atoms with Gasteiger partial charge in [0, 0.05) is 12.6 Å². The third-order valence-corrected chi connectivity index (χ3v) is 1.99. The Labute approximate surface area is 82.7 Å². The van der Waals surface area contributed by atoms with Gasteiger partial charge in [-0.2, -0.15) is 0 Å². The van der Waals surface area contributed by atoms with Crippen molar-refractivity contribution in [2.75, 3.05) is 7.05 Å². The van der Waals surface area contributed by atoms with Crippen LogP contribution in [0.25, 0.3) is 0 Å². The van der Waals surface area contributed by atoms with Gasteiger partial charge in [-0.05, 0) is 12.2 Å². The second kappa shape index (κ2) is 4.00. The van der Waals surface area contributed by atoms with Crippen LogP contribution in [-0.2, 0) is 0 Å². The van der Waals surface area contributed by atoms with Crippen LogP contribution in [0, 0.1) is 5.41 Å². The minimum Gasteiger partial charge on any atom is -0.376 e. The number of nitrogens with zero attached hydrogens (tertiary/aromatic N) is 1. The molecule has 0 fully saturated rings. The van der Waals surface area contributed by atoms with Gasteiger partial charge in [0.25, 0.3) is 0 Å². The van der Waals surface area contributed by atoms with E-state index in [-0.39, 0.29) is 5.11 Å². The lowest BCUT2D eigenvalue weighted by Gasteiger charge is -2.17. The second-order valence-corrected chi connectivity index (χ2v) is 3.03. The number of nitrogens with two attached hydrogens (primary N) is 1. The number of rotatable bonds is 1. The average molecular weight is 193 g/mol. The van der Waals surface area contributed by atoms with Crippen molar-refractivity contribution < 1.29 is 0 Å². The summed E-state index contributed by atoms with van der Waals surface area (Å²) in [6.45, 7) is 0. The second-order valence-electron chi connectivity index (χ2n) is 2.61. The van der Waals surface area contributed by atoms with Gasteiger partial charge >= 0.3 is 0 Å². The molecule has 0 amide bonds. The van der Waals surface area contributed by atoms with Crippen molar-refractivity contribution in [3.63, 3.8) is 0 Å². The highest BCUT2D eigenvalue weighted by atomic mass is 32.1. The Morgan fingerprint density at radius 3 is 2.38 bits per heavy atom. The lowest BCUT2D eigenvalue weighted by Crippen LogP contribution is -2.37. The molecule has 0 spiro atoms. The van der Waals surface area contributed by atoms with Crippen molar-refractivity contribution in [1.29, 1.82) is 5.41 Å². The molecule has 4 heteroatoms. The highest BCUT2D eigenvalue weighted by molar-refractivity contribution is 7.80.